The maximum absolute atomic E-state index is 11.4. The second-order valence-electron chi connectivity index (χ2n) is 7.88. The van der Waals surface area contributed by atoms with Gasteiger partial charge in [-0.05, 0) is 49.2 Å². The fourth-order valence-electron chi connectivity index (χ4n) is 4.64. The first-order valence-electron chi connectivity index (χ1n) is 10.1. The summed E-state index contributed by atoms with van der Waals surface area (Å²) in [7, 11) is 0. The zero-order valence-corrected chi connectivity index (χ0v) is 19.2. The van der Waals surface area contributed by atoms with Crippen LogP contribution in [-0.2, 0) is 45.7 Å². The van der Waals surface area contributed by atoms with Crippen molar-refractivity contribution in [1.29, 1.82) is 0 Å². The number of aromatic nitrogens is 2. The third kappa shape index (κ3) is 3.93. The van der Waals surface area contributed by atoms with Crippen molar-refractivity contribution in [2.75, 3.05) is 0 Å². The SMILES string of the molecule is O=C(O)c1ccc2c(c1)nc(-c1ccc3c(c1)CN[CH-]C3)n2C1CCCCC1.[Y]. The smallest absolute Gasteiger partial charge is 0.335 e. The van der Waals surface area contributed by atoms with Crippen LogP contribution in [0.4, 0.5) is 0 Å². The van der Waals surface area contributed by atoms with E-state index in [2.05, 4.69) is 34.6 Å². The number of aromatic carboxylic acids is 1. The molecule has 0 unspecified atom stereocenters. The quantitative estimate of drug-likeness (QED) is 0.552. The Labute approximate surface area is 195 Å². The van der Waals surface area contributed by atoms with Crippen LogP contribution < -0.4 is 5.32 Å². The standard InChI is InChI=1S/C23H24N3O2.Y/c27-23(28)17-8-9-21-20(13-17)25-22(26(21)19-4-2-1-3-5-19)16-7-6-15-10-11-24-14-18(15)12-16;/h6-9,11-13,19,24H,1-5,10,14H2,(H,27,28);/q-1;. The Kier molecular flexibility index (Phi) is 6.19. The Hall–Kier alpha value is -1.56. The number of imidazole rings is 1. The largest absolute Gasteiger partial charge is 0.478 e. The van der Waals surface area contributed by atoms with Crippen LogP contribution >= 0.6 is 0 Å². The average Bonchev–Trinajstić information content (AvgIpc) is 3.12. The van der Waals surface area contributed by atoms with E-state index in [0.29, 0.717) is 6.04 Å². The van der Waals surface area contributed by atoms with Crippen molar-refractivity contribution in [3.63, 3.8) is 0 Å². The molecule has 0 amide bonds. The van der Waals surface area contributed by atoms with Crippen LogP contribution in [0.5, 0.6) is 0 Å². The molecule has 147 valence electrons. The second-order valence-corrected chi connectivity index (χ2v) is 7.88. The van der Waals surface area contributed by atoms with Crippen molar-refractivity contribution in [2.45, 2.75) is 51.1 Å². The zero-order chi connectivity index (χ0) is 19.1. The fourth-order valence-corrected chi connectivity index (χ4v) is 4.64. The van der Waals surface area contributed by atoms with E-state index in [9.17, 15) is 9.90 Å². The molecule has 0 saturated heterocycles. The topological polar surface area (TPSA) is 67.2 Å². The molecule has 1 radical (unpaired) electrons. The van der Waals surface area contributed by atoms with Crippen LogP contribution in [0.15, 0.2) is 36.4 Å². The fraction of sp³-hybridized carbons (Fsp3) is 0.348. The molecule has 1 aliphatic heterocycles. The van der Waals surface area contributed by atoms with Gasteiger partial charge in [-0.2, -0.15) is 0 Å². The molecule has 5 rings (SSSR count). The maximum atomic E-state index is 11.4. The number of fused-ring (bicyclic) bond motifs is 2. The van der Waals surface area contributed by atoms with Gasteiger partial charge in [-0.25, -0.2) is 9.78 Å². The summed E-state index contributed by atoms with van der Waals surface area (Å²) in [5.74, 6) is 0.0496. The molecule has 0 atom stereocenters. The molecule has 1 saturated carbocycles. The molecule has 3 aromatic rings. The summed E-state index contributed by atoms with van der Waals surface area (Å²) in [6.07, 6.45) is 7.02. The summed E-state index contributed by atoms with van der Waals surface area (Å²) in [5.41, 5.74) is 5.88. The van der Waals surface area contributed by atoms with Gasteiger partial charge in [0.2, 0.25) is 0 Å². The van der Waals surface area contributed by atoms with E-state index in [-0.39, 0.29) is 38.3 Å². The Bertz CT molecular complexity index is 1050. The molecule has 0 bridgehead atoms. The van der Waals surface area contributed by atoms with E-state index in [0.717, 1.165) is 48.2 Å². The Balaban J connectivity index is 0.00000205. The first-order chi connectivity index (χ1) is 13.7. The minimum atomic E-state index is -0.910. The van der Waals surface area contributed by atoms with Crippen molar-refractivity contribution >= 4 is 17.0 Å². The summed E-state index contributed by atoms with van der Waals surface area (Å²) < 4.78 is 2.37. The molecular formula is C23H24N3O2Y-. The summed E-state index contributed by atoms with van der Waals surface area (Å²) in [5, 5.41) is 12.7. The Morgan fingerprint density at radius 2 is 1.93 bits per heavy atom. The van der Waals surface area contributed by atoms with Crippen molar-refractivity contribution in [3.05, 3.63) is 59.6 Å². The van der Waals surface area contributed by atoms with Crippen molar-refractivity contribution < 1.29 is 42.6 Å². The molecule has 29 heavy (non-hydrogen) atoms. The first-order valence-corrected chi connectivity index (χ1v) is 10.1. The van der Waals surface area contributed by atoms with Crippen molar-refractivity contribution in [1.82, 2.24) is 14.9 Å². The zero-order valence-electron chi connectivity index (χ0n) is 16.4. The summed E-state index contributed by atoms with van der Waals surface area (Å²) in [6, 6.07) is 12.4. The van der Waals surface area contributed by atoms with Crippen LogP contribution in [0, 0.1) is 6.54 Å². The summed E-state index contributed by atoms with van der Waals surface area (Å²) in [6.45, 7) is 2.95. The van der Waals surface area contributed by atoms with Crippen LogP contribution in [0.2, 0.25) is 0 Å². The van der Waals surface area contributed by atoms with Crippen molar-refractivity contribution in [3.8, 4) is 11.4 Å². The van der Waals surface area contributed by atoms with Crippen molar-refractivity contribution in [2.24, 2.45) is 0 Å². The molecule has 1 fully saturated rings. The van der Waals surface area contributed by atoms with Gasteiger partial charge < -0.3 is 15.0 Å². The van der Waals surface area contributed by atoms with E-state index in [1.807, 2.05) is 6.07 Å². The van der Waals surface area contributed by atoms with Gasteiger partial charge in [-0.3, -0.25) is 6.54 Å². The van der Waals surface area contributed by atoms with Crippen LogP contribution in [0.1, 0.15) is 59.6 Å². The molecule has 2 aliphatic rings. The molecule has 2 heterocycles. The maximum Gasteiger partial charge on any atom is 0.335 e. The third-order valence-electron chi connectivity index (χ3n) is 6.10. The molecule has 1 aliphatic carbocycles. The molecule has 2 N–H and O–H groups in total. The van der Waals surface area contributed by atoms with Gasteiger partial charge in [0.1, 0.15) is 5.82 Å². The molecule has 6 heteroatoms. The summed E-state index contributed by atoms with van der Waals surface area (Å²) in [4.78, 5) is 16.3. The number of nitrogens with zero attached hydrogens (tertiary/aromatic N) is 2. The minimum Gasteiger partial charge on any atom is -0.478 e. The van der Waals surface area contributed by atoms with Gasteiger partial charge >= 0.3 is 5.97 Å². The third-order valence-corrected chi connectivity index (χ3v) is 6.10. The number of benzene rings is 2. The number of hydrogen-bond donors (Lipinski definition) is 2. The monoisotopic (exact) mass is 463 g/mol. The van der Waals surface area contributed by atoms with Crippen LogP contribution in [0.25, 0.3) is 22.4 Å². The van der Waals surface area contributed by atoms with Gasteiger partial charge in [0.15, 0.2) is 0 Å². The van der Waals surface area contributed by atoms with E-state index in [1.165, 1.54) is 30.4 Å². The van der Waals surface area contributed by atoms with Gasteiger partial charge in [0.05, 0.1) is 16.6 Å². The Morgan fingerprint density at radius 1 is 1.10 bits per heavy atom. The van der Waals surface area contributed by atoms with Gasteiger partial charge in [-0.1, -0.05) is 37.0 Å². The number of carboxylic acids is 1. The number of nitrogens with one attached hydrogen (secondary N) is 1. The van der Waals surface area contributed by atoms with E-state index >= 15 is 0 Å². The first kappa shape index (κ1) is 20.7. The van der Waals surface area contributed by atoms with E-state index in [4.69, 9.17) is 4.98 Å². The molecule has 5 nitrogen and oxygen atoms in total. The predicted molar refractivity (Wildman–Crippen MR) is 109 cm³/mol. The van der Waals surface area contributed by atoms with E-state index < -0.39 is 5.97 Å². The molecule has 0 spiro atoms. The number of rotatable bonds is 3. The van der Waals surface area contributed by atoms with Gasteiger partial charge in [0, 0.05) is 44.3 Å². The van der Waals surface area contributed by atoms with E-state index in [1.54, 1.807) is 12.1 Å². The second kappa shape index (κ2) is 8.67. The Morgan fingerprint density at radius 3 is 2.72 bits per heavy atom. The minimum absolute atomic E-state index is 0. The average molecular weight is 463 g/mol. The molecule has 1 aromatic heterocycles. The van der Waals surface area contributed by atoms with Crippen LogP contribution in [-0.4, -0.2) is 20.6 Å². The molecule has 2 aromatic carbocycles. The van der Waals surface area contributed by atoms with Gasteiger partial charge in [-0.15, -0.1) is 6.42 Å². The normalized spacial score (nSPS) is 17.0. The summed E-state index contributed by atoms with van der Waals surface area (Å²) >= 11 is 0. The number of hydrogen-bond acceptors (Lipinski definition) is 3. The number of carboxylic acid groups (broad SMARTS) is 1. The van der Waals surface area contributed by atoms with Crippen LogP contribution in [0.3, 0.4) is 0 Å². The van der Waals surface area contributed by atoms with Gasteiger partial charge in [0.25, 0.3) is 0 Å². The number of carbonyl (C=O) groups is 1. The molecular weight excluding hydrogens is 439 g/mol. The predicted octanol–water partition coefficient (Wildman–Crippen LogP) is 4.71.